The molecule has 1 fully saturated rings. The van der Waals surface area contributed by atoms with Crippen molar-refractivity contribution in [1.82, 2.24) is 4.90 Å². The molecule has 0 aromatic heterocycles. The number of rotatable bonds is 4. The first-order valence-corrected chi connectivity index (χ1v) is 9.08. The molecule has 0 unspecified atom stereocenters. The zero-order valence-electron chi connectivity index (χ0n) is 14.9. The molecule has 0 N–H and O–H groups in total. The predicted molar refractivity (Wildman–Crippen MR) is 97.2 cm³/mol. The number of carbonyl (C=O) groups excluding carboxylic acids is 2. The molecule has 6 nitrogen and oxygen atoms in total. The van der Waals surface area contributed by atoms with Gasteiger partial charge in [0.15, 0.2) is 18.1 Å². The summed E-state index contributed by atoms with van der Waals surface area (Å²) in [6, 6.07) is 3.74. The molecule has 7 heteroatoms. The first kappa shape index (κ1) is 18.6. The van der Waals surface area contributed by atoms with E-state index in [4.69, 9.17) is 25.8 Å². The van der Waals surface area contributed by atoms with Gasteiger partial charge in [-0.2, -0.15) is 0 Å². The highest BCUT2D eigenvalue weighted by Gasteiger charge is 2.29. The predicted octanol–water partition coefficient (Wildman–Crippen LogP) is 3.41. The second-order valence-electron chi connectivity index (χ2n) is 6.61. The van der Waals surface area contributed by atoms with Gasteiger partial charge in [-0.25, -0.2) is 4.79 Å². The Morgan fingerprint density at radius 1 is 1.27 bits per heavy atom. The number of nitrogens with zero attached hydrogens (tertiary/aromatic N) is 1. The Kier molecular flexibility index (Phi) is 5.71. The normalized spacial score (nSPS) is 21.9. The molecule has 0 spiro atoms. The van der Waals surface area contributed by atoms with Gasteiger partial charge in [0.2, 0.25) is 6.79 Å². The highest BCUT2D eigenvalue weighted by molar-refractivity contribution is 6.32. The molecule has 26 heavy (non-hydrogen) atoms. The van der Waals surface area contributed by atoms with Gasteiger partial charge in [0.1, 0.15) is 0 Å². The van der Waals surface area contributed by atoms with Crippen LogP contribution in [0.4, 0.5) is 0 Å². The van der Waals surface area contributed by atoms with Crippen molar-refractivity contribution in [1.29, 1.82) is 0 Å². The van der Waals surface area contributed by atoms with Crippen molar-refractivity contribution in [2.75, 3.05) is 13.4 Å². The molecule has 2 aliphatic heterocycles. The number of hydrogen-bond donors (Lipinski definition) is 0. The molecule has 3 rings (SSSR count). The molecule has 0 radical (unpaired) electrons. The molecule has 1 aromatic carbocycles. The van der Waals surface area contributed by atoms with E-state index in [2.05, 4.69) is 0 Å². The van der Waals surface area contributed by atoms with E-state index in [1.807, 2.05) is 18.7 Å². The van der Waals surface area contributed by atoms with Gasteiger partial charge < -0.3 is 19.1 Å². The van der Waals surface area contributed by atoms with E-state index in [-0.39, 0.29) is 31.4 Å². The Morgan fingerprint density at radius 2 is 2.00 bits per heavy atom. The lowest BCUT2D eigenvalue weighted by Crippen LogP contribution is -2.49. The summed E-state index contributed by atoms with van der Waals surface area (Å²) in [5, 5.41) is 0.413. The molecular weight excluding hydrogens is 358 g/mol. The highest BCUT2D eigenvalue weighted by atomic mass is 35.5. The lowest BCUT2D eigenvalue weighted by atomic mass is 9.97. The number of fused-ring (bicyclic) bond motifs is 1. The summed E-state index contributed by atoms with van der Waals surface area (Å²) in [5.41, 5.74) is 0.681. The minimum Gasteiger partial charge on any atom is -0.454 e. The molecule has 2 aliphatic rings. The number of carbonyl (C=O) groups is 2. The van der Waals surface area contributed by atoms with Gasteiger partial charge in [-0.05, 0) is 56.9 Å². The third-order valence-electron chi connectivity index (χ3n) is 4.68. The average Bonchev–Trinajstić information content (AvgIpc) is 3.07. The van der Waals surface area contributed by atoms with Crippen molar-refractivity contribution in [2.24, 2.45) is 0 Å². The number of halogens is 1. The number of esters is 1. The summed E-state index contributed by atoms with van der Waals surface area (Å²) >= 11 is 6.10. The van der Waals surface area contributed by atoms with Gasteiger partial charge in [0.25, 0.3) is 5.91 Å². The summed E-state index contributed by atoms with van der Waals surface area (Å²) in [7, 11) is 0. The summed E-state index contributed by atoms with van der Waals surface area (Å²) < 4.78 is 15.6. The summed E-state index contributed by atoms with van der Waals surface area (Å²) in [4.78, 5) is 26.1. The fraction of sp³-hybridized carbons (Fsp3) is 0.474. The van der Waals surface area contributed by atoms with Gasteiger partial charge in [0, 0.05) is 18.2 Å². The van der Waals surface area contributed by atoms with Gasteiger partial charge in [0.05, 0.1) is 5.02 Å². The van der Waals surface area contributed by atoms with Crippen molar-refractivity contribution < 1.29 is 23.8 Å². The monoisotopic (exact) mass is 379 g/mol. The van der Waals surface area contributed by atoms with Crippen molar-refractivity contribution in [2.45, 2.75) is 45.2 Å². The number of hydrogen-bond acceptors (Lipinski definition) is 5. The number of piperidine rings is 1. The molecular formula is C19H22ClNO5. The van der Waals surface area contributed by atoms with E-state index in [9.17, 15) is 9.59 Å². The van der Waals surface area contributed by atoms with E-state index in [1.165, 1.54) is 6.08 Å². The lowest BCUT2D eigenvalue weighted by Gasteiger charge is -2.38. The van der Waals surface area contributed by atoms with Crippen LogP contribution in [-0.4, -0.2) is 42.3 Å². The van der Waals surface area contributed by atoms with Crippen LogP contribution in [0.5, 0.6) is 11.5 Å². The van der Waals surface area contributed by atoms with Crippen LogP contribution in [0.3, 0.4) is 0 Å². The summed E-state index contributed by atoms with van der Waals surface area (Å²) in [6.07, 6.45) is 5.91. The Hall–Kier alpha value is -2.21. The van der Waals surface area contributed by atoms with E-state index in [1.54, 1.807) is 18.2 Å². The Labute approximate surface area is 157 Å². The van der Waals surface area contributed by atoms with Crippen molar-refractivity contribution >= 4 is 29.6 Å². The van der Waals surface area contributed by atoms with Crippen LogP contribution < -0.4 is 9.47 Å². The first-order valence-electron chi connectivity index (χ1n) is 8.71. The molecule has 1 aromatic rings. The summed E-state index contributed by atoms with van der Waals surface area (Å²) in [5.74, 6) is 0.303. The van der Waals surface area contributed by atoms with Crippen LogP contribution in [0.1, 0.15) is 38.7 Å². The highest BCUT2D eigenvalue weighted by Crippen LogP contribution is 2.40. The maximum atomic E-state index is 12.3. The first-order chi connectivity index (χ1) is 12.5. The average molecular weight is 380 g/mol. The summed E-state index contributed by atoms with van der Waals surface area (Å²) in [6.45, 7) is 3.93. The SMILES string of the molecule is C[C@H]1CCC[C@H](C)N1C(=O)COC(=O)/C=C/c1cc(Cl)c2c(c1)OCO2. The van der Waals surface area contributed by atoms with Crippen LogP contribution >= 0.6 is 11.6 Å². The number of benzene rings is 1. The van der Waals surface area contributed by atoms with Crippen LogP contribution in [0.25, 0.3) is 6.08 Å². The molecule has 0 bridgehead atoms. The third-order valence-corrected chi connectivity index (χ3v) is 4.96. The zero-order chi connectivity index (χ0) is 18.7. The number of amides is 1. The van der Waals surface area contributed by atoms with Crippen LogP contribution in [0.15, 0.2) is 18.2 Å². The maximum Gasteiger partial charge on any atom is 0.331 e. The quantitative estimate of drug-likeness (QED) is 0.592. The standard InChI is InChI=1S/C19H22ClNO5/c1-12-4-3-5-13(2)21(12)17(22)10-24-18(23)7-6-14-8-15(20)19-16(9-14)25-11-26-19/h6-9,12-13H,3-5,10-11H2,1-2H3/b7-6+/t12-,13-/m0/s1. The molecule has 0 aliphatic carbocycles. The van der Waals surface area contributed by atoms with Crippen LogP contribution in [0.2, 0.25) is 5.02 Å². The van der Waals surface area contributed by atoms with E-state index in [0.29, 0.717) is 22.1 Å². The van der Waals surface area contributed by atoms with Gasteiger partial charge >= 0.3 is 5.97 Å². The van der Waals surface area contributed by atoms with Crippen LogP contribution in [-0.2, 0) is 14.3 Å². The largest absolute Gasteiger partial charge is 0.454 e. The van der Waals surface area contributed by atoms with Crippen molar-refractivity contribution in [3.63, 3.8) is 0 Å². The van der Waals surface area contributed by atoms with Crippen molar-refractivity contribution in [3.05, 3.63) is 28.8 Å². The zero-order valence-corrected chi connectivity index (χ0v) is 15.6. The molecule has 2 heterocycles. The lowest BCUT2D eigenvalue weighted by molar-refractivity contribution is -0.151. The topological polar surface area (TPSA) is 65.1 Å². The molecule has 140 valence electrons. The minimum atomic E-state index is -0.579. The number of likely N-dealkylation sites (tertiary alicyclic amines) is 1. The van der Waals surface area contributed by atoms with E-state index in [0.717, 1.165) is 19.3 Å². The van der Waals surface area contributed by atoms with E-state index >= 15 is 0 Å². The van der Waals surface area contributed by atoms with Crippen LogP contribution in [0, 0.1) is 0 Å². The fourth-order valence-corrected chi connectivity index (χ4v) is 3.69. The van der Waals surface area contributed by atoms with E-state index < -0.39 is 5.97 Å². The Morgan fingerprint density at radius 3 is 2.73 bits per heavy atom. The molecule has 0 saturated carbocycles. The Balaban J connectivity index is 1.55. The van der Waals surface area contributed by atoms with Gasteiger partial charge in [-0.3, -0.25) is 4.79 Å². The second-order valence-corrected chi connectivity index (χ2v) is 7.01. The molecule has 1 saturated heterocycles. The minimum absolute atomic E-state index is 0.125. The van der Waals surface area contributed by atoms with Gasteiger partial charge in [-0.15, -0.1) is 0 Å². The number of ether oxygens (including phenoxy) is 3. The molecule has 1 amide bonds. The fourth-order valence-electron chi connectivity index (χ4n) is 3.42. The third kappa shape index (κ3) is 4.12. The molecule has 2 atom stereocenters. The Bertz CT molecular complexity index is 723. The smallest absolute Gasteiger partial charge is 0.331 e. The second kappa shape index (κ2) is 7.99. The van der Waals surface area contributed by atoms with Gasteiger partial charge in [-0.1, -0.05) is 11.6 Å². The maximum absolute atomic E-state index is 12.3. The van der Waals surface area contributed by atoms with Crippen molar-refractivity contribution in [3.8, 4) is 11.5 Å².